The SMILES string of the molecule is CCOC(CC)C(O)Cc1ccnc(N)c1. The number of hydrogen-bond donors (Lipinski definition) is 2. The molecule has 90 valence electrons. The number of aliphatic hydroxyl groups excluding tert-OH is 1. The number of nitrogens with zero attached hydrogens (tertiary/aromatic N) is 1. The van der Waals surface area contributed by atoms with Crippen molar-refractivity contribution in [2.75, 3.05) is 12.3 Å². The Bertz CT molecular complexity index is 318. The zero-order valence-corrected chi connectivity index (χ0v) is 9.89. The highest BCUT2D eigenvalue weighted by Gasteiger charge is 2.17. The van der Waals surface area contributed by atoms with Gasteiger partial charge in [-0.3, -0.25) is 0 Å². The number of nitrogen functional groups attached to an aromatic ring is 1. The van der Waals surface area contributed by atoms with Crippen LogP contribution in [-0.2, 0) is 11.2 Å². The molecule has 2 unspecified atom stereocenters. The molecule has 2 atom stereocenters. The summed E-state index contributed by atoms with van der Waals surface area (Å²) in [5.74, 6) is 0.481. The van der Waals surface area contributed by atoms with E-state index in [9.17, 15) is 5.11 Å². The molecule has 1 aromatic heterocycles. The van der Waals surface area contributed by atoms with Crippen molar-refractivity contribution in [2.45, 2.75) is 38.9 Å². The van der Waals surface area contributed by atoms with Gasteiger partial charge in [0.2, 0.25) is 0 Å². The van der Waals surface area contributed by atoms with Crippen LogP contribution in [0.3, 0.4) is 0 Å². The monoisotopic (exact) mass is 224 g/mol. The van der Waals surface area contributed by atoms with E-state index in [0.29, 0.717) is 18.8 Å². The van der Waals surface area contributed by atoms with Crippen LogP contribution in [0, 0.1) is 0 Å². The van der Waals surface area contributed by atoms with Crippen LogP contribution in [0.25, 0.3) is 0 Å². The van der Waals surface area contributed by atoms with Gasteiger partial charge in [0.1, 0.15) is 5.82 Å². The summed E-state index contributed by atoms with van der Waals surface area (Å²) in [6.07, 6.45) is 2.39. The van der Waals surface area contributed by atoms with Crippen LogP contribution >= 0.6 is 0 Å². The largest absolute Gasteiger partial charge is 0.390 e. The van der Waals surface area contributed by atoms with Crippen molar-refractivity contribution in [1.82, 2.24) is 4.98 Å². The molecule has 16 heavy (non-hydrogen) atoms. The highest BCUT2D eigenvalue weighted by Crippen LogP contribution is 2.12. The average molecular weight is 224 g/mol. The van der Waals surface area contributed by atoms with E-state index in [4.69, 9.17) is 10.5 Å². The minimum absolute atomic E-state index is 0.112. The molecule has 1 heterocycles. The lowest BCUT2D eigenvalue weighted by Crippen LogP contribution is -2.30. The van der Waals surface area contributed by atoms with Crippen LogP contribution in [-0.4, -0.2) is 28.9 Å². The number of hydrogen-bond acceptors (Lipinski definition) is 4. The highest BCUT2D eigenvalue weighted by atomic mass is 16.5. The molecular formula is C12H20N2O2. The Balaban J connectivity index is 2.58. The van der Waals surface area contributed by atoms with Gasteiger partial charge in [0.05, 0.1) is 12.2 Å². The first-order valence-corrected chi connectivity index (χ1v) is 5.67. The third-order valence-electron chi connectivity index (χ3n) is 2.50. The van der Waals surface area contributed by atoms with Gasteiger partial charge in [-0.2, -0.15) is 0 Å². The van der Waals surface area contributed by atoms with Crippen LogP contribution in [0.5, 0.6) is 0 Å². The molecule has 0 aromatic carbocycles. The van der Waals surface area contributed by atoms with Gasteiger partial charge in [-0.05, 0) is 31.0 Å². The van der Waals surface area contributed by atoms with Crippen LogP contribution in [0.4, 0.5) is 5.82 Å². The predicted octanol–water partition coefficient (Wildman–Crippen LogP) is 1.38. The number of ether oxygens (including phenoxy) is 1. The molecule has 0 saturated carbocycles. The highest BCUT2D eigenvalue weighted by molar-refractivity contribution is 5.32. The second-order valence-corrected chi connectivity index (χ2v) is 3.76. The first-order chi connectivity index (χ1) is 7.67. The number of nitrogens with two attached hydrogens (primary N) is 1. The number of anilines is 1. The Labute approximate surface area is 96.5 Å². The minimum atomic E-state index is -0.494. The standard InChI is InChI=1S/C12H20N2O2/c1-3-11(16-4-2)10(15)7-9-5-6-14-12(13)8-9/h5-6,8,10-11,15H,3-4,7H2,1-2H3,(H2,13,14). The lowest BCUT2D eigenvalue weighted by molar-refractivity contribution is -0.0334. The summed E-state index contributed by atoms with van der Waals surface area (Å²) in [5.41, 5.74) is 6.56. The molecule has 0 saturated heterocycles. The van der Waals surface area contributed by atoms with E-state index in [1.807, 2.05) is 19.9 Å². The topological polar surface area (TPSA) is 68.4 Å². The van der Waals surface area contributed by atoms with Crippen molar-refractivity contribution in [3.63, 3.8) is 0 Å². The van der Waals surface area contributed by atoms with Gasteiger partial charge in [-0.15, -0.1) is 0 Å². The first-order valence-electron chi connectivity index (χ1n) is 5.67. The van der Waals surface area contributed by atoms with Gasteiger partial charge < -0.3 is 15.6 Å². The van der Waals surface area contributed by atoms with Gasteiger partial charge in [0, 0.05) is 19.2 Å². The summed E-state index contributed by atoms with van der Waals surface area (Å²) in [6, 6.07) is 3.64. The predicted molar refractivity (Wildman–Crippen MR) is 64.1 cm³/mol. The minimum Gasteiger partial charge on any atom is -0.390 e. The Hall–Kier alpha value is -1.13. The van der Waals surface area contributed by atoms with Crippen molar-refractivity contribution >= 4 is 5.82 Å². The summed E-state index contributed by atoms with van der Waals surface area (Å²) in [5, 5.41) is 10.00. The Morgan fingerprint density at radius 2 is 2.25 bits per heavy atom. The fourth-order valence-corrected chi connectivity index (χ4v) is 1.71. The van der Waals surface area contributed by atoms with Gasteiger partial charge in [-0.25, -0.2) is 4.98 Å². The van der Waals surface area contributed by atoms with E-state index in [2.05, 4.69) is 4.98 Å². The van der Waals surface area contributed by atoms with Crippen LogP contribution in [0.15, 0.2) is 18.3 Å². The number of rotatable bonds is 6. The molecule has 4 nitrogen and oxygen atoms in total. The lowest BCUT2D eigenvalue weighted by atomic mass is 10.0. The van der Waals surface area contributed by atoms with Crippen molar-refractivity contribution in [3.8, 4) is 0 Å². The molecule has 0 radical (unpaired) electrons. The number of aromatic nitrogens is 1. The normalized spacial score (nSPS) is 14.7. The summed E-state index contributed by atoms with van der Waals surface area (Å²) in [4.78, 5) is 3.91. The molecule has 3 N–H and O–H groups in total. The second kappa shape index (κ2) is 6.45. The smallest absolute Gasteiger partial charge is 0.123 e. The zero-order valence-electron chi connectivity index (χ0n) is 9.89. The molecule has 0 aliphatic heterocycles. The summed E-state index contributed by atoms with van der Waals surface area (Å²) >= 11 is 0. The zero-order chi connectivity index (χ0) is 12.0. The van der Waals surface area contributed by atoms with Crippen LogP contribution < -0.4 is 5.73 Å². The molecule has 1 rings (SSSR count). The van der Waals surface area contributed by atoms with Crippen molar-refractivity contribution in [3.05, 3.63) is 23.9 Å². The quantitative estimate of drug-likeness (QED) is 0.766. The van der Waals surface area contributed by atoms with E-state index >= 15 is 0 Å². The third-order valence-corrected chi connectivity index (χ3v) is 2.50. The summed E-state index contributed by atoms with van der Waals surface area (Å²) in [6.45, 7) is 4.55. The third kappa shape index (κ3) is 3.79. The molecule has 0 bridgehead atoms. The van der Waals surface area contributed by atoms with Crippen LogP contribution in [0.1, 0.15) is 25.8 Å². The van der Waals surface area contributed by atoms with E-state index in [1.165, 1.54) is 0 Å². The molecule has 1 aromatic rings. The van der Waals surface area contributed by atoms with Crippen molar-refractivity contribution in [2.24, 2.45) is 0 Å². The number of pyridine rings is 1. The molecule has 0 fully saturated rings. The molecular weight excluding hydrogens is 204 g/mol. The maximum atomic E-state index is 10.00. The maximum Gasteiger partial charge on any atom is 0.123 e. The summed E-state index contributed by atoms with van der Waals surface area (Å²) in [7, 11) is 0. The average Bonchev–Trinajstić information content (AvgIpc) is 2.25. The fourth-order valence-electron chi connectivity index (χ4n) is 1.71. The molecule has 4 heteroatoms. The van der Waals surface area contributed by atoms with Gasteiger partial charge in [0.25, 0.3) is 0 Å². The van der Waals surface area contributed by atoms with E-state index in [1.54, 1.807) is 12.3 Å². The number of aliphatic hydroxyl groups is 1. The van der Waals surface area contributed by atoms with Gasteiger partial charge >= 0.3 is 0 Å². The van der Waals surface area contributed by atoms with Gasteiger partial charge in [-0.1, -0.05) is 6.92 Å². The summed E-state index contributed by atoms with van der Waals surface area (Å²) < 4.78 is 5.46. The van der Waals surface area contributed by atoms with E-state index in [-0.39, 0.29) is 6.10 Å². The molecule has 0 aliphatic rings. The first kappa shape index (κ1) is 12.9. The van der Waals surface area contributed by atoms with Gasteiger partial charge in [0.15, 0.2) is 0 Å². The maximum absolute atomic E-state index is 10.00. The second-order valence-electron chi connectivity index (χ2n) is 3.76. The van der Waals surface area contributed by atoms with Crippen molar-refractivity contribution < 1.29 is 9.84 Å². The van der Waals surface area contributed by atoms with E-state index in [0.717, 1.165) is 12.0 Å². The van der Waals surface area contributed by atoms with Crippen LogP contribution in [0.2, 0.25) is 0 Å². The molecule has 0 aliphatic carbocycles. The lowest BCUT2D eigenvalue weighted by Gasteiger charge is -2.21. The molecule has 0 spiro atoms. The fraction of sp³-hybridized carbons (Fsp3) is 0.583. The molecule has 0 amide bonds. The Morgan fingerprint density at radius 3 is 2.81 bits per heavy atom. The van der Waals surface area contributed by atoms with E-state index < -0.39 is 6.10 Å². The Morgan fingerprint density at radius 1 is 1.50 bits per heavy atom. The Kier molecular flexibility index (Phi) is 5.22. The van der Waals surface area contributed by atoms with Crippen molar-refractivity contribution in [1.29, 1.82) is 0 Å².